The zero-order valence-corrected chi connectivity index (χ0v) is 22.1. The van der Waals surface area contributed by atoms with Crippen LogP contribution in [0.3, 0.4) is 0 Å². The van der Waals surface area contributed by atoms with E-state index in [1.165, 1.54) is 22.7 Å². The SMILES string of the molecule is CC1OC2=N[C@@H]1C(=O)N[C@@H](C)c1nc(cs1)C(=O)N[C@@H](C)c1nc(cs1)C(=O)N[C@H]2Cc1ccccc1. The Balaban J connectivity index is 1.50. The summed E-state index contributed by atoms with van der Waals surface area (Å²) in [6.45, 7) is 5.38. The molecule has 0 aliphatic carbocycles. The van der Waals surface area contributed by atoms with E-state index in [1.807, 2.05) is 30.3 Å². The van der Waals surface area contributed by atoms with Crippen LogP contribution in [0.4, 0.5) is 0 Å². The number of hydrogen-bond acceptors (Lipinski definition) is 9. The summed E-state index contributed by atoms with van der Waals surface area (Å²) in [6.07, 6.45) is -0.0994. The molecule has 3 N–H and O–H groups in total. The molecule has 4 heterocycles. The quantitative estimate of drug-likeness (QED) is 0.459. The molecule has 37 heavy (non-hydrogen) atoms. The molecule has 6 bridgehead atoms. The number of nitrogens with zero attached hydrogens (tertiary/aromatic N) is 3. The number of benzene rings is 1. The lowest BCUT2D eigenvalue weighted by Crippen LogP contribution is -2.43. The van der Waals surface area contributed by atoms with E-state index in [-0.39, 0.29) is 23.2 Å². The summed E-state index contributed by atoms with van der Waals surface area (Å²) in [5.41, 5.74) is 1.46. The number of aromatic nitrogens is 2. The average Bonchev–Trinajstić information content (AvgIpc) is 3.63. The molecule has 0 saturated heterocycles. The number of rotatable bonds is 2. The smallest absolute Gasteiger partial charge is 0.271 e. The Morgan fingerprint density at radius 2 is 1.43 bits per heavy atom. The molecule has 12 heteroatoms. The van der Waals surface area contributed by atoms with E-state index in [0.29, 0.717) is 22.3 Å². The lowest BCUT2D eigenvalue weighted by Gasteiger charge is -2.19. The second-order valence-electron chi connectivity index (χ2n) is 9.02. The van der Waals surface area contributed by atoms with Gasteiger partial charge in [0.15, 0.2) is 6.04 Å². The third-order valence-corrected chi connectivity index (χ3v) is 8.18. The Hall–Kier alpha value is -3.64. The molecule has 2 aliphatic heterocycles. The van der Waals surface area contributed by atoms with E-state index in [2.05, 4.69) is 30.9 Å². The second-order valence-corrected chi connectivity index (χ2v) is 10.8. The number of fused-ring (bicyclic) bond motifs is 5. The number of thiazole rings is 2. The molecule has 192 valence electrons. The minimum Gasteiger partial charge on any atom is -0.474 e. The predicted molar refractivity (Wildman–Crippen MR) is 140 cm³/mol. The van der Waals surface area contributed by atoms with E-state index in [4.69, 9.17) is 4.74 Å². The van der Waals surface area contributed by atoms with E-state index in [0.717, 1.165) is 5.56 Å². The Morgan fingerprint density at radius 1 is 0.838 bits per heavy atom. The zero-order valence-electron chi connectivity index (χ0n) is 20.4. The Bertz CT molecular complexity index is 1350. The Kier molecular flexibility index (Phi) is 7.02. The van der Waals surface area contributed by atoms with Crippen LogP contribution in [0, 0.1) is 0 Å². The molecule has 10 nitrogen and oxygen atoms in total. The fourth-order valence-electron chi connectivity index (χ4n) is 4.13. The lowest BCUT2D eigenvalue weighted by atomic mass is 10.1. The molecule has 3 amide bonds. The monoisotopic (exact) mass is 538 g/mol. The highest BCUT2D eigenvalue weighted by molar-refractivity contribution is 7.10. The maximum absolute atomic E-state index is 13.2. The number of aliphatic imine (C=N–C) groups is 1. The van der Waals surface area contributed by atoms with E-state index >= 15 is 0 Å². The number of carbonyl (C=O) groups is 3. The van der Waals surface area contributed by atoms with Crippen LogP contribution >= 0.6 is 22.7 Å². The first-order valence-corrected chi connectivity index (χ1v) is 13.7. The summed E-state index contributed by atoms with van der Waals surface area (Å²) in [5.74, 6) is -0.773. The van der Waals surface area contributed by atoms with Gasteiger partial charge in [0.2, 0.25) is 11.8 Å². The van der Waals surface area contributed by atoms with Crippen LogP contribution in [0.2, 0.25) is 0 Å². The van der Waals surface area contributed by atoms with Gasteiger partial charge in [-0.25, -0.2) is 15.0 Å². The fraction of sp³-hybridized carbons (Fsp3) is 0.360. The first-order chi connectivity index (χ1) is 17.8. The van der Waals surface area contributed by atoms with Crippen molar-refractivity contribution in [2.24, 2.45) is 4.99 Å². The van der Waals surface area contributed by atoms with Gasteiger partial charge in [0.1, 0.15) is 33.5 Å². The van der Waals surface area contributed by atoms with Crippen LogP contribution in [0.1, 0.15) is 69.4 Å². The summed E-state index contributed by atoms with van der Waals surface area (Å²) in [7, 11) is 0. The van der Waals surface area contributed by atoms with Crippen LogP contribution < -0.4 is 16.0 Å². The fourth-order valence-corrected chi connectivity index (χ4v) is 5.74. The van der Waals surface area contributed by atoms with Crippen molar-refractivity contribution in [2.75, 3.05) is 0 Å². The molecule has 0 radical (unpaired) electrons. The molecule has 1 aromatic carbocycles. The highest BCUT2D eigenvalue weighted by Crippen LogP contribution is 2.24. The minimum absolute atomic E-state index is 0.228. The largest absolute Gasteiger partial charge is 0.474 e. The maximum Gasteiger partial charge on any atom is 0.271 e. The van der Waals surface area contributed by atoms with Gasteiger partial charge >= 0.3 is 0 Å². The third kappa shape index (κ3) is 5.39. The Labute approximate surface area is 221 Å². The first kappa shape index (κ1) is 25.0. The molecule has 5 atom stereocenters. The highest BCUT2D eigenvalue weighted by atomic mass is 32.1. The summed E-state index contributed by atoms with van der Waals surface area (Å²) < 4.78 is 6.01. The number of amides is 3. The van der Waals surface area contributed by atoms with Gasteiger partial charge in [0, 0.05) is 17.2 Å². The van der Waals surface area contributed by atoms with Crippen molar-refractivity contribution in [3.05, 3.63) is 68.1 Å². The molecule has 0 saturated carbocycles. The van der Waals surface area contributed by atoms with Crippen molar-refractivity contribution >= 4 is 46.3 Å². The van der Waals surface area contributed by atoms with E-state index in [1.54, 1.807) is 31.5 Å². The van der Waals surface area contributed by atoms with Crippen molar-refractivity contribution < 1.29 is 19.1 Å². The van der Waals surface area contributed by atoms with Gasteiger partial charge in [-0.3, -0.25) is 14.4 Å². The molecule has 1 unspecified atom stereocenters. The highest BCUT2D eigenvalue weighted by Gasteiger charge is 2.38. The van der Waals surface area contributed by atoms with Gasteiger partial charge in [0.05, 0.1) is 12.1 Å². The standard InChI is InChI=1S/C25H26N6O4S2/c1-12-24-30-18(11-37-24)21(33)28-16(9-15-7-5-4-6-8-15)23-31-19(14(3)35-23)22(34)27-13(2)25-29-17(10-36-25)20(32)26-12/h4-8,10-14,16,19H,9H2,1-3H3,(H,26,32)(H,27,34)(H,28,33)/t12-,13-,14?,16-,19-/m0/s1. The number of ether oxygens (including phenoxy) is 1. The summed E-state index contributed by atoms with van der Waals surface area (Å²) in [5, 5.41) is 13.3. The molecular weight excluding hydrogens is 512 g/mol. The molecule has 5 rings (SSSR count). The Morgan fingerprint density at radius 3 is 2.08 bits per heavy atom. The predicted octanol–water partition coefficient (Wildman–Crippen LogP) is 2.81. The molecule has 3 aromatic rings. The normalized spacial score (nSPS) is 26.2. The maximum atomic E-state index is 13.2. The zero-order chi connectivity index (χ0) is 26.1. The van der Waals surface area contributed by atoms with Gasteiger partial charge in [-0.15, -0.1) is 22.7 Å². The molecule has 2 aromatic heterocycles. The molecule has 0 fully saturated rings. The van der Waals surface area contributed by atoms with Crippen molar-refractivity contribution in [3.63, 3.8) is 0 Å². The summed E-state index contributed by atoms with van der Waals surface area (Å²) in [4.78, 5) is 52.6. The van der Waals surface area contributed by atoms with Crippen molar-refractivity contribution in [2.45, 2.75) is 57.5 Å². The summed E-state index contributed by atoms with van der Waals surface area (Å²) >= 11 is 2.58. The minimum atomic E-state index is -0.791. The van der Waals surface area contributed by atoms with Crippen molar-refractivity contribution in [1.82, 2.24) is 25.9 Å². The number of carbonyl (C=O) groups excluding carboxylic acids is 3. The van der Waals surface area contributed by atoms with Gasteiger partial charge < -0.3 is 20.7 Å². The van der Waals surface area contributed by atoms with Crippen LogP contribution in [-0.2, 0) is 16.0 Å². The first-order valence-electron chi connectivity index (χ1n) is 11.9. The molecule has 2 aliphatic rings. The molecule has 0 spiro atoms. The van der Waals surface area contributed by atoms with Gasteiger partial charge in [-0.2, -0.15) is 0 Å². The van der Waals surface area contributed by atoms with Crippen molar-refractivity contribution in [1.29, 1.82) is 0 Å². The van der Waals surface area contributed by atoms with Crippen LogP contribution in [0.15, 0.2) is 46.1 Å². The van der Waals surface area contributed by atoms with Gasteiger partial charge in [-0.05, 0) is 26.3 Å². The number of nitrogens with one attached hydrogen (secondary N) is 3. The summed E-state index contributed by atoms with van der Waals surface area (Å²) in [6, 6.07) is 7.42. The van der Waals surface area contributed by atoms with Crippen LogP contribution in [0.25, 0.3) is 0 Å². The van der Waals surface area contributed by atoms with Crippen LogP contribution in [-0.4, -0.2) is 51.8 Å². The third-order valence-electron chi connectivity index (χ3n) is 6.13. The topological polar surface area (TPSA) is 135 Å². The van der Waals surface area contributed by atoms with E-state index < -0.39 is 36.2 Å². The van der Waals surface area contributed by atoms with E-state index in [9.17, 15) is 14.4 Å². The van der Waals surface area contributed by atoms with Gasteiger partial charge in [0.25, 0.3) is 11.8 Å². The average molecular weight is 539 g/mol. The molecular formula is C25H26N6O4S2. The van der Waals surface area contributed by atoms with Gasteiger partial charge in [-0.1, -0.05) is 30.3 Å². The van der Waals surface area contributed by atoms with Crippen LogP contribution in [0.5, 0.6) is 0 Å². The van der Waals surface area contributed by atoms with Crippen molar-refractivity contribution in [3.8, 4) is 0 Å². The number of hydrogen-bond donors (Lipinski definition) is 3. The lowest BCUT2D eigenvalue weighted by molar-refractivity contribution is -0.124. The second kappa shape index (κ2) is 10.4.